The summed E-state index contributed by atoms with van der Waals surface area (Å²) in [5.41, 5.74) is 2.24. The molecule has 2 heterocycles. The van der Waals surface area contributed by atoms with Crippen molar-refractivity contribution < 1.29 is 0 Å². The zero-order valence-electron chi connectivity index (χ0n) is 11.5. The van der Waals surface area contributed by atoms with Gasteiger partial charge in [0, 0.05) is 12.7 Å². The van der Waals surface area contributed by atoms with Gasteiger partial charge in [0.1, 0.15) is 0 Å². The van der Waals surface area contributed by atoms with E-state index in [0.29, 0.717) is 5.92 Å². The van der Waals surface area contributed by atoms with E-state index in [4.69, 9.17) is 0 Å². The number of hydrogen-bond acceptors (Lipinski definition) is 3. The van der Waals surface area contributed by atoms with Crippen LogP contribution in [0.2, 0.25) is 0 Å². The van der Waals surface area contributed by atoms with Crippen molar-refractivity contribution in [2.24, 2.45) is 0 Å². The standard InChI is InChI=1S/C16H18N4/c1-13(14-7-3-2-4-8-14)11-17-12-16-19-18-15-9-5-6-10-20(15)16/h2-10,13,17H,11-12H2,1H3. The molecule has 0 radical (unpaired) electrons. The van der Waals surface area contributed by atoms with Gasteiger partial charge in [0.15, 0.2) is 11.5 Å². The molecule has 1 atom stereocenters. The van der Waals surface area contributed by atoms with Crippen LogP contribution in [0.4, 0.5) is 0 Å². The van der Waals surface area contributed by atoms with Gasteiger partial charge in [-0.15, -0.1) is 10.2 Å². The lowest BCUT2D eigenvalue weighted by Crippen LogP contribution is -2.21. The van der Waals surface area contributed by atoms with Crippen LogP contribution in [0, 0.1) is 0 Å². The first-order valence-corrected chi connectivity index (χ1v) is 6.89. The molecule has 3 rings (SSSR count). The van der Waals surface area contributed by atoms with Gasteiger partial charge < -0.3 is 5.32 Å². The summed E-state index contributed by atoms with van der Waals surface area (Å²) < 4.78 is 2.01. The predicted molar refractivity (Wildman–Crippen MR) is 79.6 cm³/mol. The van der Waals surface area contributed by atoms with Gasteiger partial charge in [0.25, 0.3) is 0 Å². The number of nitrogens with zero attached hydrogens (tertiary/aromatic N) is 3. The van der Waals surface area contributed by atoms with Gasteiger partial charge in [-0.1, -0.05) is 43.3 Å². The SMILES string of the molecule is CC(CNCc1nnc2ccccn12)c1ccccc1. The van der Waals surface area contributed by atoms with Gasteiger partial charge in [0.2, 0.25) is 0 Å². The number of benzene rings is 1. The number of rotatable bonds is 5. The molecule has 0 amide bonds. The highest BCUT2D eigenvalue weighted by Crippen LogP contribution is 2.13. The molecule has 0 saturated heterocycles. The summed E-state index contributed by atoms with van der Waals surface area (Å²) >= 11 is 0. The third kappa shape index (κ3) is 2.70. The van der Waals surface area contributed by atoms with Gasteiger partial charge in [-0.25, -0.2) is 0 Å². The molecule has 0 aliphatic carbocycles. The van der Waals surface area contributed by atoms with Gasteiger partial charge in [-0.05, 0) is 23.6 Å². The topological polar surface area (TPSA) is 42.2 Å². The molecule has 1 unspecified atom stereocenters. The molecule has 0 aliphatic heterocycles. The van der Waals surface area contributed by atoms with Gasteiger partial charge >= 0.3 is 0 Å². The minimum Gasteiger partial charge on any atom is -0.309 e. The van der Waals surface area contributed by atoms with Gasteiger partial charge in [-0.3, -0.25) is 4.40 Å². The van der Waals surface area contributed by atoms with Crippen molar-refractivity contribution >= 4 is 5.65 Å². The van der Waals surface area contributed by atoms with E-state index < -0.39 is 0 Å². The summed E-state index contributed by atoms with van der Waals surface area (Å²) in [5.74, 6) is 1.43. The van der Waals surface area contributed by atoms with Crippen LogP contribution in [0.5, 0.6) is 0 Å². The Kier molecular flexibility index (Phi) is 3.74. The van der Waals surface area contributed by atoms with E-state index in [1.807, 2.05) is 34.9 Å². The summed E-state index contributed by atoms with van der Waals surface area (Å²) in [7, 11) is 0. The average Bonchev–Trinajstić information content (AvgIpc) is 2.92. The van der Waals surface area contributed by atoms with Crippen molar-refractivity contribution in [3.05, 3.63) is 66.1 Å². The summed E-state index contributed by atoms with van der Waals surface area (Å²) in [6, 6.07) is 16.5. The van der Waals surface area contributed by atoms with Crippen molar-refractivity contribution in [1.29, 1.82) is 0 Å². The molecule has 4 nitrogen and oxygen atoms in total. The number of nitrogens with one attached hydrogen (secondary N) is 1. The second-order valence-corrected chi connectivity index (χ2v) is 4.99. The summed E-state index contributed by atoms with van der Waals surface area (Å²) in [4.78, 5) is 0. The maximum atomic E-state index is 4.22. The first-order chi connectivity index (χ1) is 9.84. The van der Waals surface area contributed by atoms with Crippen LogP contribution >= 0.6 is 0 Å². The van der Waals surface area contributed by atoms with E-state index in [1.54, 1.807) is 0 Å². The van der Waals surface area contributed by atoms with Crippen molar-refractivity contribution in [3.8, 4) is 0 Å². The highest BCUT2D eigenvalue weighted by molar-refractivity contribution is 5.36. The molecule has 1 aromatic carbocycles. The van der Waals surface area contributed by atoms with Crippen LogP contribution in [0.25, 0.3) is 5.65 Å². The molecule has 0 aliphatic rings. The van der Waals surface area contributed by atoms with Crippen LogP contribution in [0.3, 0.4) is 0 Å². The van der Waals surface area contributed by atoms with Crippen molar-refractivity contribution in [3.63, 3.8) is 0 Å². The lowest BCUT2D eigenvalue weighted by molar-refractivity contribution is 0.596. The highest BCUT2D eigenvalue weighted by atomic mass is 15.3. The molecule has 4 heteroatoms. The molecule has 102 valence electrons. The van der Waals surface area contributed by atoms with Gasteiger partial charge in [0.05, 0.1) is 6.54 Å². The smallest absolute Gasteiger partial charge is 0.160 e. The molecule has 3 aromatic rings. The maximum Gasteiger partial charge on any atom is 0.160 e. The molecule has 2 aromatic heterocycles. The second kappa shape index (κ2) is 5.84. The average molecular weight is 266 g/mol. The Balaban J connectivity index is 1.60. The minimum atomic E-state index is 0.482. The van der Waals surface area contributed by atoms with E-state index in [0.717, 1.165) is 24.6 Å². The van der Waals surface area contributed by atoms with Crippen molar-refractivity contribution in [2.75, 3.05) is 6.54 Å². The van der Waals surface area contributed by atoms with Crippen LogP contribution < -0.4 is 5.32 Å². The number of fused-ring (bicyclic) bond motifs is 1. The fourth-order valence-corrected chi connectivity index (χ4v) is 2.31. The third-order valence-electron chi connectivity index (χ3n) is 3.49. The molecule has 1 N–H and O–H groups in total. The lowest BCUT2D eigenvalue weighted by Gasteiger charge is -2.12. The Labute approximate surface area is 118 Å². The third-order valence-corrected chi connectivity index (χ3v) is 3.49. The van der Waals surface area contributed by atoms with Gasteiger partial charge in [-0.2, -0.15) is 0 Å². The zero-order valence-corrected chi connectivity index (χ0v) is 11.5. The Bertz CT molecular complexity index is 675. The number of hydrogen-bond donors (Lipinski definition) is 1. The van der Waals surface area contributed by atoms with E-state index in [9.17, 15) is 0 Å². The highest BCUT2D eigenvalue weighted by Gasteiger charge is 2.07. The molecule has 20 heavy (non-hydrogen) atoms. The van der Waals surface area contributed by atoms with Crippen molar-refractivity contribution in [2.45, 2.75) is 19.4 Å². The number of aromatic nitrogens is 3. The van der Waals surface area contributed by atoms with Crippen LogP contribution in [-0.4, -0.2) is 21.1 Å². The maximum absolute atomic E-state index is 4.22. The molecular weight excluding hydrogens is 248 g/mol. The summed E-state index contributed by atoms with van der Waals surface area (Å²) in [5, 5.41) is 11.8. The van der Waals surface area contributed by atoms with E-state index in [2.05, 4.69) is 46.7 Å². The minimum absolute atomic E-state index is 0.482. The van der Waals surface area contributed by atoms with Crippen LogP contribution in [0.1, 0.15) is 24.2 Å². The first-order valence-electron chi connectivity index (χ1n) is 6.89. The normalized spacial score (nSPS) is 12.7. The van der Waals surface area contributed by atoms with E-state index >= 15 is 0 Å². The monoisotopic (exact) mass is 266 g/mol. The molecule has 0 fully saturated rings. The van der Waals surface area contributed by atoms with E-state index in [-0.39, 0.29) is 0 Å². The van der Waals surface area contributed by atoms with Crippen LogP contribution in [-0.2, 0) is 6.54 Å². The molecule has 0 bridgehead atoms. The molecule has 0 saturated carbocycles. The number of pyridine rings is 1. The molecular formula is C16H18N4. The second-order valence-electron chi connectivity index (χ2n) is 4.99. The Morgan fingerprint density at radius 3 is 2.70 bits per heavy atom. The lowest BCUT2D eigenvalue weighted by atomic mass is 10.0. The summed E-state index contributed by atoms with van der Waals surface area (Å²) in [6.45, 7) is 3.87. The fraction of sp³-hybridized carbons (Fsp3) is 0.250. The van der Waals surface area contributed by atoms with Crippen molar-refractivity contribution in [1.82, 2.24) is 19.9 Å². The fourth-order valence-electron chi connectivity index (χ4n) is 2.31. The quantitative estimate of drug-likeness (QED) is 0.772. The Morgan fingerprint density at radius 1 is 1.05 bits per heavy atom. The van der Waals surface area contributed by atoms with Crippen LogP contribution in [0.15, 0.2) is 54.7 Å². The molecule has 0 spiro atoms. The largest absolute Gasteiger partial charge is 0.309 e. The summed E-state index contributed by atoms with van der Waals surface area (Å²) in [6.07, 6.45) is 1.99. The first kappa shape index (κ1) is 12.8. The Hall–Kier alpha value is -2.20. The zero-order chi connectivity index (χ0) is 13.8. The predicted octanol–water partition coefficient (Wildman–Crippen LogP) is 2.62. The Morgan fingerprint density at radius 2 is 1.85 bits per heavy atom. The van der Waals surface area contributed by atoms with E-state index in [1.165, 1.54) is 5.56 Å².